The molecule has 4 nitrogen and oxygen atoms in total. The molecule has 0 saturated carbocycles. The van der Waals surface area contributed by atoms with Crippen molar-refractivity contribution in [3.63, 3.8) is 0 Å². The van der Waals surface area contributed by atoms with Crippen LogP contribution in [0.5, 0.6) is 0 Å². The van der Waals surface area contributed by atoms with Gasteiger partial charge < -0.3 is 4.42 Å². The highest BCUT2D eigenvalue weighted by Crippen LogP contribution is 2.64. The molecular weight excluding hydrogens is 755 g/mol. The minimum atomic E-state index is -0.381. The summed E-state index contributed by atoms with van der Waals surface area (Å²) >= 11 is 0. The summed E-state index contributed by atoms with van der Waals surface area (Å²) < 4.78 is 6.29. The second-order valence-corrected chi connectivity index (χ2v) is 16.2. The number of hydrogen-bond acceptors (Lipinski definition) is 4. The van der Waals surface area contributed by atoms with E-state index in [4.69, 9.17) is 19.4 Å². The fraction of sp³-hybridized carbons (Fsp3) is 0.0172. The average molecular weight is 790 g/mol. The minimum absolute atomic E-state index is 0.381. The molecule has 2 aliphatic carbocycles. The van der Waals surface area contributed by atoms with Crippen LogP contribution < -0.4 is 0 Å². The van der Waals surface area contributed by atoms with E-state index in [9.17, 15) is 0 Å². The molecule has 13 rings (SSSR count). The van der Waals surface area contributed by atoms with E-state index >= 15 is 0 Å². The molecule has 0 amide bonds. The average Bonchev–Trinajstić information content (AvgIpc) is 3.98. The third-order valence-electron chi connectivity index (χ3n) is 13.0. The molecule has 1 spiro atoms. The van der Waals surface area contributed by atoms with Crippen molar-refractivity contribution in [2.45, 2.75) is 5.41 Å². The number of hydrogen-bond donors (Lipinski definition) is 0. The Hall–Kier alpha value is -8.21. The lowest BCUT2D eigenvalue weighted by atomic mass is 9.70. The van der Waals surface area contributed by atoms with Gasteiger partial charge in [0.05, 0.1) is 5.41 Å². The molecule has 2 aromatic heterocycles. The molecule has 2 aliphatic rings. The molecule has 0 aliphatic heterocycles. The van der Waals surface area contributed by atoms with Crippen LogP contribution in [0, 0.1) is 0 Å². The first-order valence-electron chi connectivity index (χ1n) is 21.1. The number of aromatic nitrogens is 3. The molecule has 0 bridgehead atoms. The standard InChI is InChI=1S/C58H35N3O/c1-2-15-38(16-3-1)55-59-56(39-33-34-45-44-20-9-13-28-52(44)62-53(45)35-39)61-57(60-55)46-21-5-4-17-40(46)36-29-31-37(32-30-36)41-23-14-27-51-54(41)47-22-8-12-26-50(47)58(51)48-24-10-6-18-42(48)43-19-7-11-25-49(43)58/h1-35H. The Morgan fingerprint density at radius 1 is 0.290 bits per heavy atom. The second-order valence-electron chi connectivity index (χ2n) is 16.2. The highest BCUT2D eigenvalue weighted by Gasteiger charge is 2.51. The molecule has 62 heavy (non-hydrogen) atoms. The van der Waals surface area contributed by atoms with Crippen molar-refractivity contribution in [3.8, 4) is 78.7 Å². The summed E-state index contributed by atoms with van der Waals surface area (Å²) in [6.45, 7) is 0. The van der Waals surface area contributed by atoms with Gasteiger partial charge in [-0.2, -0.15) is 0 Å². The maximum absolute atomic E-state index is 6.29. The number of rotatable bonds is 5. The van der Waals surface area contributed by atoms with E-state index in [0.717, 1.165) is 49.8 Å². The first kappa shape index (κ1) is 34.6. The number of furan rings is 1. The predicted octanol–water partition coefficient (Wildman–Crippen LogP) is 14.4. The second kappa shape index (κ2) is 13.4. The van der Waals surface area contributed by atoms with E-state index in [1.54, 1.807) is 0 Å². The van der Waals surface area contributed by atoms with Crippen molar-refractivity contribution in [2.24, 2.45) is 0 Å². The Bertz CT molecular complexity index is 3540. The van der Waals surface area contributed by atoms with Gasteiger partial charge in [0, 0.05) is 27.5 Å². The van der Waals surface area contributed by atoms with Crippen LogP contribution in [-0.2, 0) is 5.41 Å². The van der Waals surface area contributed by atoms with Gasteiger partial charge >= 0.3 is 0 Å². The van der Waals surface area contributed by atoms with Crippen LogP contribution in [0.4, 0.5) is 0 Å². The van der Waals surface area contributed by atoms with Crippen molar-refractivity contribution in [1.82, 2.24) is 15.0 Å². The summed E-state index contributed by atoms with van der Waals surface area (Å²) in [6, 6.07) is 75.7. The van der Waals surface area contributed by atoms with Crippen LogP contribution in [0.15, 0.2) is 217 Å². The number of fused-ring (bicyclic) bond motifs is 13. The van der Waals surface area contributed by atoms with Gasteiger partial charge in [-0.15, -0.1) is 0 Å². The number of para-hydroxylation sites is 1. The molecule has 288 valence electrons. The summed E-state index contributed by atoms with van der Waals surface area (Å²) in [5.74, 6) is 1.81. The smallest absolute Gasteiger partial charge is 0.164 e. The summed E-state index contributed by atoms with van der Waals surface area (Å²) in [5.41, 5.74) is 19.1. The molecular formula is C58H35N3O. The first-order valence-corrected chi connectivity index (χ1v) is 21.1. The third kappa shape index (κ3) is 4.98. The Morgan fingerprint density at radius 2 is 0.774 bits per heavy atom. The Labute approximate surface area is 358 Å². The van der Waals surface area contributed by atoms with Crippen LogP contribution in [-0.4, -0.2) is 15.0 Å². The van der Waals surface area contributed by atoms with Crippen molar-refractivity contribution in [3.05, 3.63) is 235 Å². The van der Waals surface area contributed by atoms with Crippen molar-refractivity contribution in [1.29, 1.82) is 0 Å². The van der Waals surface area contributed by atoms with Gasteiger partial charge in [0.25, 0.3) is 0 Å². The van der Waals surface area contributed by atoms with E-state index in [2.05, 4.69) is 158 Å². The normalized spacial score (nSPS) is 13.0. The van der Waals surface area contributed by atoms with Crippen LogP contribution in [0.3, 0.4) is 0 Å². The fourth-order valence-corrected chi connectivity index (χ4v) is 10.4. The molecule has 0 atom stereocenters. The summed E-state index contributed by atoms with van der Waals surface area (Å²) in [4.78, 5) is 15.3. The van der Waals surface area contributed by atoms with E-state index < -0.39 is 0 Å². The molecule has 0 radical (unpaired) electrons. The minimum Gasteiger partial charge on any atom is -0.456 e. The molecule has 11 aromatic rings. The number of benzene rings is 9. The molecule has 0 fully saturated rings. The van der Waals surface area contributed by atoms with Gasteiger partial charge in [-0.25, -0.2) is 15.0 Å². The molecule has 0 saturated heterocycles. The molecule has 0 N–H and O–H groups in total. The zero-order valence-electron chi connectivity index (χ0n) is 33.5. The van der Waals surface area contributed by atoms with Gasteiger partial charge in [-0.1, -0.05) is 194 Å². The Balaban J connectivity index is 0.933. The third-order valence-corrected chi connectivity index (χ3v) is 13.0. The van der Waals surface area contributed by atoms with E-state index in [1.165, 1.54) is 55.6 Å². The van der Waals surface area contributed by atoms with Gasteiger partial charge in [-0.05, 0) is 85.0 Å². The zero-order chi connectivity index (χ0) is 40.8. The topological polar surface area (TPSA) is 51.8 Å². The molecule has 9 aromatic carbocycles. The largest absolute Gasteiger partial charge is 0.456 e. The summed E-state index contributed by atoms with van der Waals surface area (Å²) in [7, 11) is 0. The molecule has 4 heteroatoms. The lowest BCUT2D eigenvalue weighted by Crippen LogP contribution is -2.25. The summed E-state index contributed by atoms with van der Waals surface area (Å²) in [6.07, 6.45) is 0. The van der Waals surface area contributed by atoms with Crippen LogP contribution in [0.2, 0.25) is 0 Å². The number of nitrogens with zero attached hydrogens (tertiary/aromatic N) is 3. The van der Waals surface area contributed by atoms with Crippen molar-refractivity contribution >= 4 is 21.9 Å². The van der Waals surface area contributed by atoms with Crippen molar-refractivity contribution in [2.75, 3.05) is 0 Å². The first-order chi connectivity index (χ1) is 30.7. The van der Waals surface area contributed by atoms with Crippen LogP contribution >= 0.6 is 0 Å². The van der Waals surface area contributed by atoms with Gasteiger partial charge in [0.15, 0.2) is 17.5 Å². The quantitative estimate of drug-likeness (QED) is 0.174. The van der Waals surface area contributed by atoms with E-state index in [1.807, 2.05) is 54.6 Å². The Morgan fingerprint density at radius 3 is 1.50 bits per heavy atom. The maximum atomic E-state index is 6.29. The van der Waals surface area contributed by atoms with Crippen molar-refractivity contribution < 1.29 is 4.42 Å². The lowest BCUT2D eigenvalue weighted by Gasteiger charge is -2.30. The van der Waals surface area contributed by atoms with E-state index in [0.29, 0.717) is 17.5 Å². The monoisotopic (exact) mass is 789 g/mol. The zero-order valence-corrected chi connectivity index (χ0v) is 33.5. The highest BCUT2D eigenvalue weighted by atomic mass is 16.3. The van der Waals surface area contributed by atoms with Crippen LogP contribution in [0.1, 0.15) is 22.3 Å². The van der Waals surface area contributed by atoms with Gasteiger partial charge in [0.1, 0.15) is 11.2 Å². The van der Waals surface area contributed by atoms with Gasteiger partial charge in [-0.3, -0.25) is 0 Å². The maximum Gasteiger partial charge on any atom is 0.164 e. The predicted molar refractivity (Wildman–Crippen MR) is 251 cm³/mol. The van der Waals surface area contributed by atoms with Gasteiger partial charge in [0.2, 0.25) is 0 Å². The fourth-order valence-electron chi connectivity index (χ4n) is 10.4. The van der Waals surface area contributed by atoms with Crippen LogP contribution in [0.25, 0.3) is 101 Å². The van der Waals surface area contributed by atoms with E-state index in [-0.39, 0.29) is 5.41 Å². The molecule has 0 unspecified atom stereocenters. The molecule has 2 heterocycles. The highest BCUT2D eigenvalue weighted by molar-refractivity contribution is 6.06. The lowest BCUT2D eigenvalue weighted by molar-refractivity contribution is 0.669. The SMILES string of the molecule is c1ccc(-c2nc(-c3ccc4c(c3)oc3ccccc34)nc(-c3ccccc3-c3ccc(-c4cccc5c4-c4ccccc4C54c5ccccc5-c5ccccc54)cc3)n2)cc1. The Kier molecular flexibility index (Phi) is 7.49. The summed E-state index contributed by atoms with van der Waals surface area (Å²) in [5, 5.41) is 2.15.